The molecule has 0 bridgehead atoms. The molecule has 0 fully saturated rings. The van der Waals surface area contributed by atoms with Crippen LogP contribution in [0.1, 0.15) is 5.01 Å². The van der Waals surface area contributed by atoms with Crippen molar-refractivity contribution in [2.45, 2.75) is 4.90 Å². The Morgan fingerprint density at radius 1 is 1.14 bits per heavy atom. The number of allylic oxidation sites excluding steroid dienone is 1. The third kappa shape index (κ3) is 6.02. The van der Waals surface area contributed by atoms with Gasteiger partial charge in [-0.2, -0.15) is 5.26 Å². The SMILES string of the molecule is COc1ccc(NS(=O)(=O)c2ccc(N/C=C(\C#N)c3nc(-c4cccc(Br)c4)cs3)cc2)nn1. The number of hydrogen-bond donors (Lipinski definition) is 2. The highest BCUT2D eigenvalue weighted by molar-refractivity contribution is 9.10. The van der Waals surface area contributed by atoms with E-state index in [9.17, 15) is 13.7 Å². The van der Waals surface area contributed by atoms with Gasteiger partial charge in [-0.05, 0) is 42.5 Å². The molecule has 4 rings (SSSR count). The molecule has 2 N–H and O–H groups in total. The minimum atomic E-state index is -3.86. The molecule has 0 atom stereocenters. The van der Waals surface area contributed by atoms with Gasteiger partial charge < -0.3 is 10.1 Å². The fourth-order valence-electron chi connectivity index (χ4n) is 2.89. The van der Waals surface area contributed by atoms with Crippen molar-refractivity contribution in [3.05, 3.63) is 81.7 Å². The van der Waals surface area contributed by atoms with E-state index in [2.05, 4.69) is 47.2 Å². The van der Waals surface area contributed by atoms with Crippen molar-refractivity contribution < 1.29 is 13.2 Å². The van der Waals surface area contributed by atoms with Crippen molar-refractivity contribution in [3.63, 3.8) is 0 Å². The second kappa shape index (κ2) is 10.6. The summed E-state index contributed by atoms with van der Waals surface area (Å²) < 4.78 is 33.4. The van der Waals surface area contributed by atoms with Crippen LogP contribution in [0.2, 0.25) is 0 Å². The number of thiazole rings is 1. The molecule has 0 radical (unpaired) electrons. The number of nitrogens with one attached hydrogen (secondary N) is 2. The average molecular weight is 569 g/mol. The van der Waals surface area contributed by atoms with Gasteiger partial charge in [-0.25, -0.2) is 13.4 Å². The first-order valence-electron chi connectivity index (χ1n) is 9.97. The average Bonchev–Trinajstić information content (AvgIpc) is 3.35. The van der Waals surface area contributed by atoms with Crippen molar-refractivity contribution in [3.8, 4) is 23.2 Å². The van der Waals surface area contributed by atoms with Gasteiger partial charge in [0.05, 0.1) is 17.7 Å². The predicted octanol–water partition coefficient (Wildman–Crippen LogP) is 5.15. The summed E-state index contributed by atoms with van der Waals surface area (Å²) in [5, 5.41) is 22.6. The van der Waals surface area contributed by atoms with Crippen LogP contribution in [0.3, 0.4) is 0 Å². The lowest BCUT2D eigenvalue weighted by Gasteiger charge is -2.08. The third-order valence-electron chi connectivity index (χ3n) is 4.61. The molecule has 2 heterocycles. The zero-order valence-electron chi connectivity index (χ0n) is 18.1. The summed E-state index contributed by atoms with van der Waals surface area (Å²) in [6, 6.07) is 18.9. The van der Waals surface area contributed by atoms with E-state index in [0.717, 1.165) is 15.7 Å². The molecule has 2 aromatic carbocycles. The van der Waals surface area contributed by atoms with Crippen LogP contribution in [0.25, 0.3) is 16.8 Å². The minimum absolute atomic E-state index is 0.0451. The molecule has 176 valence electrons. The Labute approximate surface area is 214 Å². The molecule has 0 saturated heterocycles. The number of rotatable bonds is 8. The van der Waals surface area contributed by atoms with Crippen LogP contribution in [0, 0.1) is 11.3 Å². The van der Waals surface area contributed by atoms with Crippen molar-refractivity contribution in [2.24, 2.45) is 0 Å². The van der Waals surface area contributed by atoms with E-state index in [1.807, 2.05) is 29.6 Å². The first-order valence-corrected chi connectivity index (χ1v) is 13.1. The number of nitrogens with zero attached hydrogens (tertiary/aromatic N) is 4. The molecule has 2 aromatic heterocycles. The molecule has 0 unspecified atom stereocenters. The Hall–Kier alpha value is -3.79. The van der Waals surface area contributed by atoms with E-state index in [1.165, 1.54) is 48.9 Å². The summed E-state index contributed by atoms with van der Waals surface area (Å²) in [6.07, 6.45) is 1.54. The van der Waals surface area contributed by atoms with Gasteiger partial charge in [0.1, 0.15) is 16.6 Å². The Bertz CT molecular complexity index is 1510. The lowest BCUT2D eigenvalue weighted by molar-refractivity contribution is 0.392. The highest BCUT2D eigenvalue weighted by Crippen LogP contribution is 2.28. The van der Waals surface area contributed by atoms with Crippen LogP contribution in [0.15, 0.2) is 81.6 Å². The highest BCUT2D eigenvalue weighted by atomic mass is 79.9. The number of benzene rings is 2. The van der Waals surface area contributed by atoms with Crippen LogP contribution < -0.4 is 14.8 Å². The summed E-state index contributed by atoms with van der Waals surface area (Å²) in [5.41, 5.74) is 2.67. The second-order valence-corrected chi connectivity index (χ2v) is 10.4. The van der Waals surface area contributed by atoms with Gasteiger partial charge in [-0.3, -0.25) is 4.72 Å². The Morgan fingerprint density at radius 2 is 1.94 bits per heavy atom. The Kier molecular flexibility index (Phi) is 7.40. The highest BCUT2D eigenvalue weighted by Gasteiger charge is 2.15. The van der Waals surface area contributed by atoms with Crippen LogP contribution >= 0.6 is 27.3 Å². The van der Waals surface area contributed by atoms with E-state index in [-0.39, 0.29) is 16.6 Å². The lowest BCUT2D eigenvalue weighted by Crippen LogP contribution is -2.14. The summed E-state index contributed by atoms with van der Waals surface area (Å²) in [5.74, 6) is 0.343. The maximum atomic E-state index is 12.6. The zero-order valence-corrected chi connectivity index (χ0v) is 21.4. The summed E-state index contributed by atoms with van der Waals surface area (Å²) >= 11 is 4.81. The second-order valence-electron chi connectivity index (χ2n) is 6.95. The maximum absolute atomic E-state index is 12.6. The van der Waals surface area contributed by atoms with Crippen molar-refractivity contribution >= 4 is 54.4 Å². The number of sulfonamides is 1. The number of ether oxygens (including phenoxy) is 1. The fourth-order valence-corrected chi connectivity index (χ4v) is 5.08. The zero-order chi connectivity index (χ0) is 24.8. The van der Waals surface area contributed by atoms with Gasteiger partial charge in [0, 0.05) is 33.4 Å². The van der Waals surface area contributed by atoms with Gasteiger partial charge in [-0.1, -0.05) is 28.1 Å². The third-order valence-corrected chi connectivity index (χ3v) is 7.35. The van der Waals surface area contributed by atoms with Crippen molar-refractivity contribution in [1.82, 2.24) is 15.2 Å². The van der Waals surface area contributed by atoms with E-state index in [0.29, 0.717) is 16.3 Å². The lowest BCUT2D eigenvalue weighted by atomic mass is 10.2. The quantitative estimate of drug-likeness (QED) is 0.279. The van der Waals surface area contributed by atoms with Crippen molar-refractivity contribution in [1.29, 1.82) is 5.26 Å². The first-order chi connectivity index (χ1) is 16.9. The monoisotopic (exact) mass is 568 g/mol. The molecule has 4 aromatic rings. The molecular formula is C23H17BrN6O3S2. The summed E-state index contributed by atoms with van der Waals surface area (Å²) in [7, 11) is -2.42. The number of aromatic nitrogens is 3. The molecule has 0 aliphatic carbocycles. The first kappa shape index (κ1) is 24.3. The van der Waals surface area contributed by atoms with Gasteiger partial charge in [0.25, 0.3) is 10.0 Å². The molecule has 0 aliphatic rings. The Morgan fingerprint density at radius 3 is 2.60 bits per heavy atom. The number of hydrogen-bond acceptors (Lipinski definition) is 9. The predicted molar refractivity (Wildman–Crippen MR) is 138 cm³/mol. The van der Waals surface area contributed by atoms with E-state index in [1.54, 1.807) is 12.1 Å². The van der Waals surface area contributed by atoms with Crippen molar-refractivity contribution in [2.75, 3.05) is 17.1 Å². The molecule has 12 heteroatoms. The standard InChI is InChI=1S/C23H17BrN6O3S2/c1-33-22-10-9-21(28-29-22)30-35(31,32)19-7-5-18(6-8-19)26-13-16(12-25)23-27-20(14-34-23)15-3-2-4-17(24)11-15/h2-11,13-14,26H,1H3,(H,28,30)/b16-13+. The Balaban J connectivity index is 1.45. The molecule has 0 aliphatic heterocycles. The van der Waals surface area contributed by atoms with Gasteiger partial charge in [-0.15, -0.1) is 21.5 Å². The largest absolute Gasteiger partial charge is 0.480 e. The topological polar surface area (TPSA) is 130 Å². The maximum Gasteiger partial charge on any atom is 0.263 e. The molecule has 0 amide bonds. The van der Waals surface area contributed by atoms with Crippen LogP contribution in [-0.4, -0.2) is 30.7 Å². The number of methoxy groups -OCH3 is 1. The molecule has 0 spiro atoms. The molecule has 9 nitrogen and oxygen atoms in total. The van der Waals surface area contributed by atoms with E-state index >= 15 is 0 Å². The van der Waals surface area contributed by atoms with Gasteiger partial charge >= 0.3 is 0 Å². The number of nitriles is 1. The summed E-state index contributed by atoms with van der Waals surface area (Å²) in [6.45, 7) is 0. The van der Waals surface area contributed by atoms with Gasteiger partial charge in [0.15, 0.2) is 5.82 Å². The molecule has 35 heavy (non-hydrogen) atoms. The normalized spacial score (nSPS) is 11.5. The van der Waals surface area contributed by atoms with E-state index < -0.39 is 10.0 Å². The molecular weight excluding hydrogens is 552 g/mol. The fraction of sp³-hybridized carbons (Fsp3) is 0.0435. The summed E-state index contributed by atoms with van der Waals surface area (Å²) in [4.78, 5) is 4.61. The van der Waals surface area contributed by atoms with Gasteiger partial charge in [0.2, 0.25) is 5.88 Å². The smallest absolute Gasteiger partial charge is 0.263 e. The molecule has 0 saturated carbocycles. The van der Waals surface area contributed by atoms with Crippen LogP contribution in [-0.2, 0) is 10.0 Å². The van der Waals surface area contributed by atoms with Crippen LogP contribution in [0.5, 0.6) is 5.88 Å². The van der Waals surface area contributed by atoms with Crippen LogP contribution in [0.4, 0.5) is 11.5 Å². The minimum Gasteiger partial charge on any atom is -0.480 e. The number of anilines is 2. The van der Waals surface area contributed by atoms with E-state index in [4.69, 9.17) is 4.74 Å². The number of halogens is 1.